The highest BCUT2D eigenvalue weighted by atomic mass is 35.5. The number of carbonyl (C=O) groups is 1. The molecule has 1 atom stereocenters. The van der Waals surface area contributed by atoms with Gasteiger partial charge in [-0.25, -0.2) is 9.35 Å². The molecule has 0 aliphatic rings. The summed E-state index contributed by atoms with van der Waals surface area (Å²) in [5.41, 5.74) is 1.41. The predicted octanol–water partition coefficient (Wildman–Crippen LogP) is 2.30. The zero-order valence-electron chi connectivity index (χ0n) is 12.5. The molecule has 2 aromatic rings. The highest BCUT2D eigenvalue weighted by molar-refractivity contribution is 7.82. The molecule has 7 heteroatoms. The number of hydrogen-bond donors (Lipinski definition) is 2. The van der Waals surface area contributed by atoms with Crippen LogP contribution >= 0.6 is 11.6 Å². The summed E-state index contributed by atoms with van der Waals surface area (Å²) in [7, 11) is 0.0256. The van der Waals surface area contributed by atoms with Crippen molar-refractivity contribution in [2.45, 2.75) is 11.3 Å². The van der Waals surface area contributed by atoms with E-state index in [0.29, 0.717) is 34.2 Å². The Kier molecular flexibility index (Phi) is 6.15. The van der Waals surface area contributed by atoms with Gasteiger partial charge in [0.25, 0.3) is 5.91 Å². The van der Waals surface area contributed by atoms with Crippen molar-refractivity contribution >= 4 is 28.5 Å². The molecule has 0 saturated carbocycles. The molecule has 0 heterocycles. The first-order valence-corrected chi connectivity index (χ1v) is 8.47. The van der Waals surface area contributed by atoms with E-state index < -0.39 is 11.0 Å². The van der Waals surface area contributed by atoms with Crippen LogP contribution in [0.2, 0.25) is 5.02 Å². The van der Waals surface area contributed by atoms with Crippen LogP contribution in [0, 0.1) is 0 Å². The predicted molar refractivity (Wildman–Crippen MR) is 91.1 cm³/mol. The third kappa shape index (κ3) is 4.79. The number of amides is 1. The molecule has 0 aliphatic carbocycles. The minimum atomic E-state index is -1.48. The van der Waals surface area contributed by atoms with E-state index in [-0.39, 0.29) is 5.91 Å². The number of halogens is 1. The minimum Gasteiger partial charge on any atom is -0.496 e. The SMILES string of the molecule is COc1ccc(Cl)cc1C(=O)NCCc1ccc([S@](N)=O)cc1. The van der Waals surface area contributed by atoms with Gasteiger partial charge >= 0.3 is 0 Å². The van der Waals surface area contributed by atoms with E-state index >= 15 is 0 Å². The monoisotopic (exact) mass is 352 g/mol. The molecular formula is C16H17ClN2O3S. The van der Waals surface area contributed by atoms with E-state index in [1.54, 1.807) is 30.3 Å². The second kappa shape index (κ2) is 8.10. The van der Waals surface area contributed by atoms with Crippen LogP contribution in [0.15, 0.2) is 47.4 Å². The Morgan fingerprint density at radius 3 is 2.57 bits per heavy atom. The molecule has 2 rings (SSSR count). The Labute approximate surface area is 142 Å². The van der Waals surface area contributed by atoms with Crippen LogP contribution in [0.4, 0.5) is 0 Å². The van der Waals surface area contributed by atoms with Gasteiger partial charge in [-0.2, -0.15) is 0 Å². The molecule has 0 spiro atoms. The van der Waals surface area contributed by atoms with Gasteiger partial charge in [0.1, 0.15) is 16.7 Å². The number of ether oxygens (including phenoxy) is 1. The Morgan fingerprint density at radius 2 is 1.96 bits per heavy atom. The number of carbonyl (C=O) groups excluding carboxylic acids is 1. The first-order valence-electron chi connectivity index (χ1n) is 6.88. The van der Waals surface area contributed by atoms with Gasteiger partial charge in [-0.05, 0) is 42.3 Å². The molecule has 0 saturated heterocycles. The molecular weight excluding hydrogens is 336 g/mol. The summed E-state index contributed by atoms with van der Waals surface area (Å²) in [6.45, 7) is 0.458. The van der Waals surface area contributed by atoms with Crippen LogP contribution in [-0.2, 0) is 17.4 Å². The van der Waals surface area contributed by atoms with Crippen molar-refractivity contribution in [3.8, 4) is 5.75 Å². The lowest BCUT2D eigenvalue weighted by Gasteiger charge is -2.10. The minimum absolute atomic E-state index is 0.246. The third-order valence-corrected chi connectivity index (χ3v) is 4.23. The smallest absolute Gasteiger partial charge is 0.255 e. The summed E-state index contributed by atoms with van der Waals surface area (Å²) in [5, 5.41) is 8.60. The zero-order valence-corrected chi connectivity index (χ0v) is 14.1. The second-order valence-electron chi connectivity index (χ2n) is 4.79. The molecule has 5 nitrogen and oxygen atoms in total. The zero-order chi connectivity index (χ0) is 16.8. The fraction of sp³-hybridized carbons (Fsp3) is 0.188. The molecule has 1 amide bonds. The Balaban J connectivity index is 1.94. The van der Waals surface area contributed by atoms with Crippen LogP contribution in [0.5, 0.6) is 5.75 Å². The first-order chi connectivity index (χ1) is 11.0. The lowest BCUT2D eigenvalue weighted by Crippen LogP contribution is -2.26. The molecule has 122 valence electrons. The van der Waals surface area contributed by atoms with Crippen LogP contribution in [-0.4, -0.2) is 23.8 Å². The topological polar surface area (TPSA) is 81.4 Å². The van der Waals surface area contributed by atoms with Crippen molar-refractivity contribution in [1.29, 1.82) is 0 Å². The third-order valence-electron chi connectivity index (χ3n) is 3.26. The fourth-order valence-electron chi connectivity index (χ4n) is 2.06. The number of rotatable bonds is 6. The maximum absolute atomic E-state index is 12.2. The lowest BCUT2D eigenvalue weighted by atomic mass is 10.1. The summed E-state index contributed by atoms with van der Waals surface area (Å²) in [6.07, 6.45) is 0.645. The molecule has 3 N–H and O–H groups in total. The van der Waals surface area contributed by atoms with Gasteiger partial charge in [0.15, 0.2) is 0 Å². The maximum Gasteiger partial charge on any atom is 0.255 e. The van der Waals surface area contributed by atoms with Crippen molar-refractivity contribution in [2.24, 2.45) is 5.14 Å². The number of nitrogens with one attached hydrogen (secondary N) is 1. The summed E-state index contributed by atoms with van der Waals surface area (Å²) < 4.78 is 16.3. The number of methoxy groups -OCH3 is 1. The largest absolute Gasteiger partial charge is 0.496 e. The molecule has 23 heavy (non-hydrogen) atoms. The van der Waals surface area contributed by atoms with Gasteiger partial charge in [-0.1, -0.05) is 23.7 Å². The van der Waals surface area contributed by atoms with E-state index in [1.807, 2.05) is 12.1 Å². The van der Waals surface area contributed by atoms with Crippen molar-refractivity contribution in [1.82, 2.24) is 5.32 Å². The van der Waals surface area contributed by atoms with Crippen molar-refractivity contribution in [2.75, 3.05) is 13.7 Å². The van der Waals surface area contributed by atoms with Crippen LogP contribution < -0.4 is 15.2 Å². The molecule has 0 fully saturated rings. The van der Waals surface area contributed by atoms with Crippen LogP contribution in [0.3, 0.4) is 0 Å². The second-order valence-corrected chi connectivity index (χ2v) is 6.29. The Morgan fingerprint density at radius 1 is 1.26 bits per heavy atom. The highest BCUT2D eigenvalue weighted by Crippen LogP contribution is 2.22. The lowest BCUT2D eigenvalue weighted by molar-refractivity contribution is 0.0951. The van der Waals surface area contributed by atoms with Gasteiger partial charge in [0.05, 0.1) is 17.6 Å². The van der Waals surface area contributed by atoms with Crippen molar-refractivity contribution < 1.29 is 13.7 Å². The summed E-state index contributed by atoms with van der Waals surface area (Å²) in [4.78, 5) is 12.8. The quantitative estimate of drug-likeness (QED) is 0.837. The van der Waals surface area contributed by atoms with Crippen molar-refractivity contribution in [3.05, 3.63) is 58.6 Å². The van der Waals surface area contributed by atoms with Crippen molar-refractivity contribution in [3.63, 3.8) is 0 Å². The van der Waals surface area contributed by atoms with E-state index in [9.17, 15) is 9.00 Å². The average molecular weight is 353 g/mol. The number of hydrogen-bond acceptors (Lipinski definition) is 3. The molecule has 0 bridgehead atoms. The van der Waals surface area contributed by atoms with E-state index in [2.05, 4.69) is 5.32 Å². The molecule has 0 aromatic heterocycles. The van der Waals surface area contributed by atoms with Gasteiger partial charge < -0.3 is 10.1 Å². The fourth-order valence-corrected chi connectivity index (χ4v) is 2.64. The standard InChI is InChI=1S/C16H17ClN2O3S/c1-22-15-7-4-12(17)10-14(15)16(20)19-9-8-11-2-5-13(6-3-11)23(18)21/h2-7,10H,8-9,18H2,1H3,(H,19,20)/t23-/m1/s1. The van der Waals surface area contributed by atoms with E-state index in [0.717, 1.165) is 5.56 Å². The first kappa shape index (κ1) is 17.5. The normalized spacial score (nSPS) is 11.8. The van der Waals surface area contributed by atoms with E-state index in [1.165, 1.54) is 7.11 Å². The summed E-state index contributed by atoms with van der Waals surface area (Å²) >= 11 is 5.92. The number of nitrogens with two attached hydrogens (primary N) is 1. The van der Waals surface area contributed by atoms with Gasteiger partial charge in [-0.3, -0.25) is 4.79 Å². The Hall–Kier alpha value is -1.89. The maximum atomic E-state index is 12.2. The molecule has 2 aromatic carbocycles. The summed E-state index contributed by atoms with van der Waals surface area (Å²) in [6, 6.07) is 12.0. The summed E-state index contributed by atoms with van der Waals surface area (Å²) in [5.74, 6) is 0.228. The van der Waals surface area contributed by atoms with Gasteiger partial charge in [0.2, 0.25) is 0 Å². The van der Waals surface area contributed by atoms with Gasteiger partial charge in [-0.15, -0.1) is 0 Å². The van der Waals surface area contributed by atoms with Gasteiger partial charge in [0, 0.05) is 11.6 Å². The van der Waals surface area contributed by atoms with Crippen LogP contribution in [0.25, 0.3) is 0 Å². The average Bonchev–Trinajstić information content (AvgIpc) is 2.55. The molecule has 0 aliphatic heterocycles. The van der Waals surface area contributed by atoms with E-state index in [4.69, 9.17) is 21.5 Å². The van der Waals surface area contributed by atoms with Crippen LogP contribution in [0.1, 0.15) is 15.9 Å². The Bertz CT molecular complexity index is 720. The molecule has 0 unspecified atom stereocenters. The molecule has 0 radical (unpaired) electrons. The number of benzene rings is 2. The highest BCUT2D eigenvalue weighted by Gasteiger charge is 2.12.